The average Bonchev–Trinajstić information content (AvgIpc) is 2.47. The second kappa shape index (κ2) is 5.86. The molecule has 0 amide bonds. The number of hydrogen-bond acceptors (Lipinski definition) is 5. The fourth-order valence-electron chi connectivity index (χ4n) is 2.01. The molecule has 4 nitrogen and oxygen atoms in total. The van der Waals surface area contributed by atoms with Gasteiger partial charge in [-0.25, -0.2) is 4.99 Å². The molecule has 0 saturated heterocycles. The summed E-state index contributed by atoms with van der Waals surface area (Å²) in [5, 5.41) is 12.8. The van der Waals surface area contributed by atoms with Gasteiger partial charge >= 0.3 is 6.18 Å². The van der Waals surface area contributed by atoms with Gasteiger partial charge in [-0.05, 0) is 30.1 Å². The van der Waals surface area contributed by atoms with Gasteiger partial charge in [0.25, 0.3) is 0 Å². The lowest BCUT2D eigenvalue weighted by Crippen LogP contribution is -2.28. The molecule has 9 heteroatoms. The second-order valence-corrected chi connectivity index (χ2v) is 5.89. The van der Waals surface area contributed by atoms with Gasteiger partial charge in [-0.1, -0.05) is 23.7 Å². The molecule has 2 aromatic carbocycles. The summed E-state index contributed by atoms with van der Waals surface area (Å²) in [6.45, 7) is 0. The third-order valence-electron chi connectivity index (χ3n) is 2.99. The average molecular weight is 360 g/mol. The maximum Gasteiger partial charge on any atom is 0.418 e. The summed E-state index contributed by atoms with van der Waals surface area (Å²) in [5.41, 5.74) is -0.700. The van der Waals surface area contributed by atoms with Crippen LogP contribution in [0.2, 0.25) is 5.02 Å². The molecule has 3 rings (SSSR count). The standard InChI is InChI=1S/C14H9ClF3N3OS/c15-7-5-10(22)12-11(6-7)23-21-13(20-12)19-9-4-2-1-3-8(9)14(16,17)18/h1-6,22H,(H2,19,20,21). The van der Waals surface area contributed by atoms with Crippen LogP contribution in [0.15, 0.2) is 46.3 Å². The lowest BCUT2D eigenvalue weighted by atomic mass is 10.1. The Balaban J connectivity index is 1.95. The minimum absolute atomic E-state index is 0.0804. The number of rotatable bonds is 1. The number of phenols is 1. The number of aliphatic imine (C=N–C) groups is 1. The van der Waals surface area contributed by atoms with Crippen molar-refractivity contribution in [3.05, 3.63) is 47.0 Å². The molecule has 0 saturated carbocycles. The Morgan fingerprint density at radius 3 is 2.70 bits per heavy atom. The lowest BCUT2D eigenvalue weighted by molar-refractivity contribution is -0.136. The van der Waals surface area contributed by atoms with E-state index in [0.29, 0.717) is 9.92 Å². The smallest absolute Gasteiger partial charge is 0.418 e. The predicted molar refractivity (Wildman–Crippen MR) is 84.3 cm³/mol. The van der Waals surface area contributed by atoms with Crippen LogP contribution in [0.3, 0.4) is 0 Å². The van der Waals surface area contributed by atoms with Crippen LogP contribution in [-0.4, -0.2) is 11.1 Å². The van der Waals surface area contributed by atoms with Crippen molar-refractivity contribution in [3.63, 3.8) is 0 Å². The van der Waals surface area contributed by atoms with Crippen LogP contribution < -0.4 is 10.0 Å². The number of guanidine groups is 1. The van der Waals surface area contributed by atoms with Crippen LogP contribution >= 0.6 is 23.5 Å². The first-order chi connectivity index (χ1) is 10.8. The molecule has 1 aliphatic rings. The number of aromatic hydroxyl groups is 1. The summed E-state index contributed by atoms with van der Waals surface area (Å²) in [7, 11) is 0. The van der Waals surface area contributed by atoms with Gasteiger partial charge in [0.2, 0.25) is 5.96 Å². The first kappa shape index (κ1) is 15.8. The number of para-hydroxylation sites is 1. The number of fused-ring (bicyclic) bond motifs is 1. The van der Waals surface area contributed by atoms with E-state index in [1.807, 2.05) is 0 Å². The zero-order chi connectivity index (χ0) is 16.6. The van der Waals surface area contributed by atoms with Crippen molar-refractivity contribution in [2.75, 3.05) is 5.32 Å². The molecule has 0 unspecified atom stereocenters. The SMILES string of the molecule is Oc1cc(Cl)cc2c1N=C(Nc1ccccc1C(F)(F)F)NS2. The van der Waals surface area contributed by atoms with E-state index in [1.165, 1.54) is 24.3 Å². The molecule has 0 fully saturated rings. The lowest BCUT2D eigenvalue weighted by Gasteiger charge is -2.20. The molecule has 1 heterocycles. The quantitative estimate of drug-likeness (QED) is 0.642. The van der Waals surface area contributed by atoms with Crippen LogP contribution in [0.5, 0.6) is 5.75 Å². The van der Waals surface area contributed by atoms with Gasteiger partial charge in [0, 0.05) is 11.1 Å². The molecule has 23 heavy (non-hydrogen) atoms. The summed E-state index contributed by atoms with van der Waals surface area (Å²) < 4.78 is 41.7. The van der Waals surface area contributed by atoms with E-state index in [2.05, 4.69) is 15.0 Å². The number of anilines is 1. The number of halogens is 4. The highest BCUT2D eigenvalue weighted by molar-refractivity contribution is 7.98. The maximum atomic E-state index is 13.0. The summed E-state index contributed by atoms with van der Waals surface area (Å²) in [6.07, 6.45) is -4.49. The molecule has 0 aromatic heterocycles. The maximum absolute atomic E-state index is 13.0. The fraction of sp³-hybridized carbons (Fsp3) is 0.0714. The molecule has 0 atom stereocenters. The van der Waals surface area contributed by atoms with Gasteiger partial charge < -0.3 is 10.4 Å². The summed E-state index contributed by atoms with van der Waals surface area (Å²) in [6, 6.07) is 7.98. The van der Waals surface area contributed by atoms with Crippen molar-refractivity contribution >= 4 is 40.9 Å². The third kappa shape index (κ3) is 3.32. The third-order valence-corrected chi connectivity index (χ3v) is 4.03. The monoisotopic (exact) mass is 359 g/mol. The fourth-order valence-corrected chi connectivity index (χ4v) is 3.02. The normalized spacial score (nSPS) is 13.8. The summed E-state index contributed by atoms with van der Waals surface area (Å²) in [4.78, 5) is 4.68. The highest BCUT2D eigenvalue weighted by Gasteiger charge is 2.33. The van der Waals surface area contributed by atoms with E-state index in [4.69, 9.17) is 11.6 Å². The Hall–Kier alpha value is -2.06. The molecule has 1 aliphatic heterocycles. The van der Waals surface area contributed by atoms with Gasteiger partial charge in [0.1, 0.15) is 11.4 Å². The van der Waals surface area contributed by atoms with Gasteiger partial charge in [0.05, 0.1) is 16.1 Å². The highest BCUT2D eigenvalue weighted by atomic mass is 35.5. The molecule has 0 aliphatic carbocycles. The van der Waals surface area contributed by atoms with Crippen LogP contribution in [0.25, 0.3) is 0 Å². The molecule has 0 bridgehead atoms. The summed E-state index contributed by atoms with van der Waals surface area (Å²) >= 11 is 6.92. The van der Waals surface area contributed by atoms with E-state index < -0.39 is 11.7 Å². The van der Waals surface area contributed by atoms with Crippen molar-refractivity contribution in [2.45, 2.75) is 11.1 Å². The van der Waals surface area contributed by atoms with Gasteiger partial charge in [-0.2, -0.15) is 13.2 Å². The molecule has 3 N–H and O–H groups in total. The topological polar surface area (TPSA) is 56.7 Å². The molecule has 2 aromatic rings. The van der Waals surface area contributed by atoms with Gasteiger partial charge in [-0.15, -0.1) is 0 Å². The van der Waals surface area contributed by atoms with E-state index in [1.54, 1.807) is 6.07 Å². The molecular formula is C14H9ClF3N3OS. The van der Waals surface area contributed by atoms with E-state index in [-0.39, 0.29) is 23.1 Å². The van der Waals surface area contributed by atoms with Crippen molar-refractivity contribution in [2.24, 2.45) is 4.99 Å². The largest absolute Gasteiger partial charge is 0.506 e. The Morgan fingerprint density at radius 1 is 1.22 bits per heavy atom. The first-order valence-electron chi connectivity index (χ1n) is 6.32. The predicted octanol–water partition coefficient (Wildman–Crippen LogP) is 4.77. The first-order valence-corrected chi connectivity index (χ1v) is 7.51. The second-order valence-electron chi connectivity index (χ2n) is 4.60. The highest BCUT2D eigenvalue weighted by Crippen LogP contribution is 2.41. The number of alkyl halides is 3. The Labute approximate surface area is 138 Å². The van der Waals surface area contributed by atoms with Crippen LogP contribution in [-0.2, 0) is 6.18 Å². The van der Waals surface area contributed by atoms with Crippen LogP contribution in [0.1, 0.15) is 5.56 Å². The van der Waals surface area contributed by atoms with Crippen molar-refractivity contribution < 1.29 is 18.3 Å². The van der Waals surface area contributed by atoms with Crippen molar-refractivity contribution in [1.82, 2.24) is 4.72 Å². The number of nitrogens with one attached hydrogen (secondary N) is 2. The Bertz CT molecular complexity index is 795. The summed E-state index contributed by atoms with van der Waals surface area (Å²) in [5.74, 6) is -0.0678. The zero-order valence-electron chi connectivity index (χ0n) is 11.3. The molecular weight excluding hydrogens is 351 g/mol. The number of phenolic OH excluding ortho intramolecular Hbond substituents is 1. The van der Waals surface area contributed by atoms with E-state index in [9.17, 15) is 18.3 Å². The number of nitrogens with zero attached hydrogens (tertiary/aromatic N) is 1. The zero-order valence-corrected chi connectivity index (χ0v) is 12.9. The molecule has 0 radical (unpaired) electrons. The van der Waals surface area contributed by atoms with E-state index in [0.717, 1.165) is 18.0 Å². The van der Waals surface area contributed by atoms with Gasteiger partial charge in [0.15, 0.2) is 0 Å². The van der Waals surface area contributed by atoms with Crippen LogP contribution in [0, 0.1) is 0 Å². The Morgan fingerprint density at radius 2 is 1.96 bits per heavy atom. The Kier molecular flexibility index (Phi) is 4.03. The minimum Gasteiger partial charge on any atom is -0.506 e. The van der Waals surface area contributed by atoms with Crippen molar-refractivity contribution in [1.29, 1.82) is 0 Å². The number of benzene rings is 2. The van der Waals surface area contributed by atoms with Crippen molar-refractivity contribution in [3.8, 4) is 5.75 Å². The van der Waals surface area contributed by atoms with Crippen LogP contribution in [0.4, 0.5) is 24.5 Å². The van der Waals surface area contributed by atoms with Gasteiger partial charge in [-0.3, -0.25) is 4.72 Å². The minimum atomic E-state index is -4.49. The van der Waals surface area contributed by atoms with E-state index >= 15 is 0 Å². The molecule has 0 spiro atoms. The number of hydrogen-bond donors (Lipinski definition) is 3. The molecule has 120 valence electrons.